The van der Waals surface area contributed by atoms with Crippen molar-refractivity contribution in [1.29, 1.82) is 0 Å². The van der Waals surface area contributed by atoms with Crippen molar-refractivity contribution in [1.82, 2.24) is 0 Å². The van der Waals surface area contributed by atoms with E-state index in [0.717, 1.165) is 24.2 Å². The van der Waals surface area contributed by atoms with Crippen LogP contribution in [0, 0.1) is 5.92 Å². The van der Waals surface area contributed by atoms with E-state index < -0.39 is 9.84 Å². The third kappa shape index (κ3) is 2.71. The first-order chi connectivity index (χ1) is 10.0. The first-order valence-electron chi connectivity index (χ1n) is 7.39. The van der Waals surface area contributed by atoms with Crippen LogP contribution in [-0.4, -0.2) is 31.8 Å². The number of ketones is 1. The van der Waals surface area contributed by atoms with Crippen molar-refractivity contribution < 1.29 is 17.9 Å². The lowest BCUT2D eigenvalue weighted by molar-refractivity contribution is -0.122. The highest BCUT2D eigenvalue weighted by Gasteiger charge is 2.48. The number of carbonyl (C=O) groups excluding carboxylic acids is 1. The first kappa shape index (κ1) is 14.6. The zero-order chi connectivity index (χ0) is 15.0. The summed E-state index contributed by atoms with van der Waals surface area (Å²) >= 11 is 0. The van der Waals surface area contributed by atoms with Crippen LogP contribution in [0.3, 0.4) is 0 Å². The number of rotatable bonds is 4. The summed E-state index contributed by atoms with van der Waals surface area (Å²) in [4.78, 5) is 12.5. The number of hydrogen-bond acceptors (Lipinski definition) is 4. The molecule has 2 aliphatic heterocycles. The molecule has 2 fully saturated rings. The van der Waals surface area contributed by atoms with Crippen molar-refractivity contribution in [3.8, 4) is 5.75 Å². The number of benzene rings is 1. The number of ether oxygens (including phenoxy) is 1. The van der Waals surface area contributed by atoms with Crippen molar-refractivity contribution in [3.05, 3.63) is 29.8 Å². The van der Waals surface area contributed by atoms with Crippen LogP contribution in [0.15, 0.2) is 24.3 Å². The van der Waals surface area contributed by atoms with Crippen molar-refractivity contribution in [3.63, 3.8) is 0 Å². The summed E-state index contributed by atoms with van der Waals surface area (Å²) in [5, 5.41) is -0.564. The van der Waals surface area contributed by atoms with E-state index in [0.29, 0.717) is 19.3 Å². The van der Waals surface area contributed by atoms with Crippen molar-refractivity contribution >= 4 is 15.6 Å². The fraction of sp³-hybridized carbons (Fsp3) is 0.562. The summed E-state index contributed by atoms with van der Waals surface area (Å²) in [7, 11) is -1.35. The van der Waals surface area contributed by atoms with Gasteiger partial charge < -0.3 is 4.74 Å². The van der Waals surface area contributed by atoms with Crippen LogP contribution in [0.25, 0.3) is 0 Å². The maximum Gasteiger partial charge on any atom is 0.156 e. The second kappa shape index (κ2) is 5.44. The molecular formula is C16H20O4S. The van der Waals surface area contributed by atoms with Crippen LogP contribution in [0.5, 0.6) is 5.75 Å². The van der Waals surface area contributed by atoms with Gasteiger partial charge in [-0.25, -0.2) is 8.42 Å². The standard InChI is InChI=1S/C16H20O4S/c1-20-13-4-2-3-11(7-13)8-16(17)12-9-14-5-6-15(10-12)21(14,18)19/h2-4,7,12,14-15H,5-6,8-10H2,1H3. The van der Waals surface area contributed by atoms with Crippen LogP contribution in [0.4, 0.5) is 0 Å². The molecule has 0 aromatic heterocycles. The van der Waals surface area contributed by atoms with Gasteiger partial charge in [0, 0.05) is 12.3 Å². The second-order valence-corrected chi connectivity index (χ2v) is 8.58. The van der Waals surface area contributed by atoms with Gasteiger partial charge in [0.1, 0.15) is 11.5 Å². The Morgan fingerprint density at radius 3 is 2.52 bits per heavy atom. The minimum Gasteiger partial charge on any atom is -0.497 e. The molecule has 5 heteroatoms. The maximum absolute atomic E-state index is 12.5. The summed E-state index contributed by atoms with van der Waals surface area (Å²) in [5.74, 6) is 0.805. The monoisotopic (exact) mass is 308 g/mol. The average Bonchev–Trinajstić information content (AvgIpc) is 2.67. The molecule has 0 radical (unpaired) electrons. The van der Waals surface area contributed by atoms with Gasteiger partial charge in [0.05, 0.1) is 17.6 Å². The van der Waals surface area contributed by atoms with Gasteiger partial charge in [-0.2, -0.15) is 0 Å². The van der Waals surface area contributed by atoms with Gasteiger partial charge in [0.15, 0.2) is 9.84 Å². The molecule has 0 saturated carbocycles. The quantitative estimate of drug-likeness (QED) is 0.855. The van der Waals surface area contributed by atoms with E-state index in [-0.39, 0.29) is 22.2 Å². The van der Waals surface area contributed by atoms with Crippen molar-refractivity contribution in [2.75, 3.05) is 7.11 Å². The van der Waals surface area contributed by atoms with Gasteiger partial charge in [-0.1, -0.05) is 12.1 Å². The molecule has 2 unspecified atom stereocenters. The summed E-state index contributed by atoms with van der Waals surface area (Å²) in [6.45, 7) is 0. The Morgan fingerprint density at radius 1 is 1.24 bits per heavy atom. The minimum atomic E-state index is -2.95. The number of sulfone groups is 1. The molecule has 0 N–H and O–H groups in total. The summed E-state index contributed by atoms with van der Waals surface area (Å²) in [6.07, 6.45) is 2.86. The molecule has 2 bridgehead atoms. The molecule has 2 aliphatic rings. The number of carbonyl (C=O) groups is 1. The minimum absolute atomic E-state index is 0.0998. The largest absolute Gasteiger partial charge is 0.497 e. The van der Waals surface area contributed by atoms with E-state index in [9.17, 15) is 13.2 Å². The third-order valence-electron chi connectivity index (χ3n) is 4.80. The average molecular weight is 308 g/mol. The molecule has 2 atom stereocenters. The number of Topliss-reactive ketones (excluding diaryl/α,β-unsaturated/α-hetero) is 1. The Morgan fingerprint density at radius 2 is 1.90 bits per heavy atom. The molecule has 2 saturated heterocycles. The third-order valence-corrected chi connectivity index (χ3v) is 7.52. The van der Waals surface area contributed by atoms with Crippen LogP contribution >= 0.6 is 0 Å². The molecule has 4 nitrogen and oxygen atoms in total. The molecule has 1 aromatic carbocycles. The highest BCUT2D eigenvalue weighted by Crippen LogP contribution is 2.41. The van der Waals surface area contributed by atoms with Crippen LogP contribution in [0.1, 0.15) is 31.2 Å². The molecule has 2 heterocycles. The van der Waals surface area contributed by atoms with E-state index in [1.54, 1.807) is 7.11 Å². The molecule has 1 aromatic rings. The Bertz CT molecular complexity index is 630. The first-order valence-corrected chi connectivity index (χ1v) is 9.00. The fourth-order valence-corrected chi connectivity index (χ4v) is 6.07. The predicted octanol–water partition coefficient (Wildman–Crippen LogP) is 2.16. The Balaban J connectivity index is 1.69. The van der Waals surface area contributed by atoms with E-state index in [1.165, 1.54) is 0 Å². The van der Waals surface area contributed by atoms with E-state index >= 15 is 0 Å². The zero-order valence-electron chi connectivity index (χ0n) is 12.1. The van der Waals surface area contributed by atoms with Crippen molar-refractivity contribution in [2.45, 2.75) is 42.6 Å². The number of methoxy groups -OCH3 is 1. The zero-order valence-corrected chi connectivity index (χ0v) is 12.9. The highest BCUT2D eigenvalue weighted by molar-refractivity contribution is 7.93. The van der Waals surface area contributed by atoms with Gasteiger partial charge in [-0.15, -0.1) is 0 Å². The smallest absolute Gasteiger partial charge is 0.156 e. The fourth-order valence-electron chi connectivity index (χ4n) is 3.60. The lowest BCUT2D eigenvalue weighted by Crippen LogP contribution is -2.36. The van der Waals surface area contributed by atoms with Gasteiger partial charge in [-0.05, 0) is 43.4 Å². The number of fused-ring (bicyclic) bond motifs is 2. The van der Waals surface area contributed by atoms with Crippen LogP contribution in [0.2, 0.25) is 0 Å². The van der Waals surface area contributed by atoms with Crippen molar-refractivity contribution in [2.24, 2.45) is 5.92 Å². The molecule has 0 amide bonds. The summed E-state index contributed by atoms with van der Waals surface area (Å²) in [6, 6.07) is 7.50. The lowest BCUT2D eigenvalue weighted by Gasteiger charge is -2.27. The molecule has 114 valence electrons. The topological polar surface area (TPSA) is 60.4 Å². The maximum atomic E-state index is 12.5. The Hall–Kier alpha value is -1.36. The normalized spacial score (nSPS) is 30.0. The summed E-state index contributed by atoms with van der Waals surface area (Å²) < 4.78 is 29.3. The molecule has 0 aliphatic carbocycles. The summed E-state index contributed by atoms with van der Waals surface area (Å²) in [5.41, 5.74) is 0.931. The molecular weight excluding hydrogens is 288 g/mol. The van der Waals surface area contributed by atoms with E-state index in [1.807, 2.05) is 24.3 Å². The van der Waals surface area contributed by atoms with Gasteiger partial charge in [0.25, 0.3) is 0 Å². The Labute approximate surface area is 125 Å². The second-order valence-electron chi connectivity index (χ2n) is 6.07. The van der Waals surface area contributed by atoms with Crippen LogP contribution < -0.4 is 4.74 Å². The van der Waals surface area contributed by atoms with Gasteiger partial charge >= 0.3 is 0 Å². The molecule has 21 heavy (non-hydrogen) atoms. The molecule has 3 rings (SSSR count). The lowest BCUT2D eigenvalue weighted by atomic mass is 9.91. The Kier molecular flexibility index (Phi) is 3.78. The van der Waals surface area contributed by atoms with Gasteiger partial charge in [0.2, 0.25) is 0 Å². The molecule has 0 spiro atoms. The van der Waals surface area contributed by atoms with E-state index in [4.69, 9.17) is 4.74 Å². The van der Waals surface area contributed by atoms with Gasteiger partial charge in [-0.3, -0.25) is 4.79 Å². The van der Waals surface area contributed by atoms with Crippen LogP contribution in [-0.2, 0) is 21.1 Å². The highest BCUT2D eigenvalue weighted by atomic mass is 32.2. The predicted molar refractivity (Wildman–Crippen MR) is 80.2 cm³/mol. The van der Waals surface area contributed by atoms with E-state index in [2.05, 4.69) is 0 Å². The SMILES string of the molecule is COc1cccc(CC(=O)C2CC3CCC(C2)S3(=O)=O)c1. The number of hydrogen-bond donors (Lipinski definition) is 0.